The summed E-state index contributed by atoms with van der Waals surface area (Å²) in [6.45, 7) is -30.5. The Morgan fingerprint density at radius 3 is 2.77 bits per heavy atom. The molecule has 0 bridgehead atoms. The van der Waals surface area contributed by atoms with Crippen molar-refractivity contribution in [2.75, 3.05) is 31.8 Å². The molecule has 1 saturated heterocycles. The zero-order chi connectivity index (χ0) is 59.8. The van der Waals surface area contributed by atoms with E-state index in [0.717, 1.165) is 0 Å². The summed E-state index contributed by atoms with van der Waals surface area (Å²) in [5, 5.41) is -1.92. The average molecular weight is 622 g/mol. The van der Waals surface area contributed by atoms with E-state index in [1.165, 1.54) is 0 Å². The highest BCUT2D eigenvalue weighted by Crippen LogP contribution is 2.39. The van der Waals surface area contributed by atoms with Crippen molar-refractivity contribution in [3.8, 4) is 0 Å². The summed E-state index contributed by atoms with van der Waals surface area (Å²) in [5.74, 6) is -5.43. The highest BCUT2D eigenvalue weighted by molar-refractivity contribution is 7.89. The van der Waals surface area contributed by atoms with Crippen LogP contribution in [0.3, 0.4) is 0 Å². The van der Waals surface area contributed by atoms with E-state index >= 15 is 8.42 Å². The van der Waals surface area contributed by atoms with Crippen LogP contribution in [0.5, 0.6) is 0 Å². The van der Waals surface area contributed by atoms with Crippen LogP contribution in [0.25, 0.3) is 0 Å². The summed E-state index contributed by atoms with van der Waals surface area (Å²) in [5.41, 5.74) is -4.55. The Balaban J connectivity index is 3.02. The molecule has 2 aromatic rings. The van der Waals surface area contributed by atoms with Crippen molar-refractivity contribution >= 4 is 29.6 Å². The van der Waals surface area contributed by atoms with Crippen molar-refractivity contribution in [2.24, 2.45) is 5.89 Å². The van der Waals surface area contributed by atoms with Gasteiger partial charge in [-0.15, -0.1) is 0 Å². The van der Waals surface area contributed by atoms with E-state index in [4.69, 9.17) is 41.4 Å². The molecule has 216 valence electrons. The van der Waals surface area contributed by atoms with Crippen LogP contribution in [0, 0.1) is 5.89 Å². The lowest BCUT2D eigenvalue weighted by molar-refractivity contribution is 0.0601. The standard InChI is InChI=1S/C25H36N3O9PS/c1-18(2)15-28(39(33,34)22-10-8-20(26)9-11-22)16-24(37-38(30,31)32)23(14-19-6-4-3-5-7-19)27-25(29)36-21-12-13-35-17-21/h3-11,18,21,23-24H,12-17,26H2,1-2H3,(H,27,29)(H2,30,31,32)/t21-,23-,24+/m0/s1/i1D3,2D3,3D,4D,5D,6D,7D,8D,9D,10D,11D,12D2,13D2,14D2,15D2,16D2,17D2,18D,21D,23D,24D/hD5. The van der Waals surface area contributed by atoms with Gasteiger partial charge in [0.25, 0.3) is 0 Å². The Hall–Kier alpha value is -2.51. The molecule has 1 aliphatic rings. The largest absolute Gasteiger partial charge is 0.469 e. The summed E-state index contributed by atoms with van der Waals surface area (Å²) in [7, 11) is -14.8. The molecule has 1 aliphatic heterocycles. The molecule has 1 fully saturated rings. The van der Waals surface area contributed by atoms with E-state index in [9.17, 15) is 17.6 Å². The Bertz CT molecular complexity index is 2700. The Labute approximate surface area is 279 Å². The molecule has 1 heterocycles. The van der Waals surface area contributed by atoms with Gasteiger partial charge in [0.15, 0.2) is 4.24 Å². The number of carbonyl (C=O) groups excluding carboxylic acids is 1. The number of sulfonamides is 1. The first-order valence-electron chi connectivity index (χ1n) is 27.0. The fourth-order valence-electron chi connectivity index (χ4n) is 2.07. The predicted molar refractivity (Wildman–Crippen MR) is 144 cm³/mol. The molecular weight excluding hydrogens is 549 g/mol. The number of rotatable bonds is 16. The number of hydrogen-bond donors (Lipinski definition) is 4. The second-order valence-corrected chi connectivity index (χ2v) is 8.93. The Morgan fingerprint density at radius 1 is 1.41 bits per heavy atom. The number of nitrogens with one attached hydrogen (secondary N) is 1. The zero-order valence-electron chi connectivity index (χ0n) is 54.4. The molecule has 3 rings (SSSR count). The van der Waals surface area contributed by atoms with E-state index < -0.39 is 186 Å². The van der Waals surface area contributed by atoms with E-state index in [1.807, 2.05) is 0 Å². The van der Waals surface area contributed by atoms with Crippen molar-refractivity contribution in [1.29, 1.82) is 2.86 Å². The first-order chi connectivity index (χ1) is 33.0. The Kier molecular flexibility index (Phi) is 2.91. The molecular formula is C25H36N3O9PS. The van der Waals surface area contributed by atoms with Crippen LogP contribution in [0.1, 0.15) is 68.1 Å². The summed E-state index contributed by atoms with van der Waals surface area (Å²) in [4.78, 5) is 18.9. The molecule has 0 aromatic heterocycles. The van der Waals surface area contributed by atoms with Crippen molar-refractivity contribution in [3.05, 3.63) is 59.9 Å². The maximum absolute atomic E-state index is 15.3. The minimum atomic E-state index is -7.65. The monoisotopic (exact) mass is 621 g/mol. The number of nitrogens with zero attached hydrogens (tertiary/aromatic N) is 1. The van der Waals surface area contributed by atoms with Crippen LogP contribution >= 0.6 is 7.82 Å². The van der Waals surface area contributed by atoms with Crippen molar-refractivity contribution in [3.63, 3.8) is 0 Å². The third-order valence-electron chi connectivity index (χ3n) is 3.42. The van der Waals surface area contributed by atoms with Crippen LogP contribution < -0.4 is 11.0 Å². The molecule has 0 unspecified atom stereocenters. The minimum Gasteiger partial charge on any atom is -0.444 e. The first-order valence-corrected chi connectivity index (χ1v) is 12.2. The maximum atomic E-state index is 15.3. The molecule has 0 spiro atoms. The molecule has 12 nitrogen and oxygen atoms in total. The Morgan fingerprint density at radius 2 is 2.15 bits per heavy atom. The predicted octanol–water partition coefficient (Wildman–Crippen LogP) is 2.52. The van der Waals surface area contributed by atoms with Gasteiger partial charge < -0.3 is 30.3 Å². The number of phosphoric ester groups is 1. The van der Waals surface area contributed by atoms with Gasteiger partial charge >= 0.3 is 13.9 Å². The molecule has 2 aromatic carbocycles. The summed E-state index contributed by atoms with van der Waals surface area (Å²) in [6, 6.07) is -23.2. The smallest absolute Gasteiger partial charge is 0.444 e. The lowest BCUT2D eigenvalue weighted by Gasteiger charge is -2.33. The summed E-state index contributed by atoms with van der Waals surface area (Å²) >= 11 is 0. The van der Waals surface area contributed by atoms with E-state index in [2.05, 4.69) is 23.8 Å². The quantitative estimate of drug-likeness (QED) is 0.161. The normalized spacial score (nSPS) is 40.3. The van der Waals surface area contributed by atoms with Gasteiger partial charge in [0.2, 0.25) is 12.9 Å². The fourth-order valence-corrected chi connectivity index (χ4v) is 3.38. The topological polar surface area (TPSA) is 178 Å². The molecule has 0 saturated carbocycles. The SMILES string of the molecule is [2H]OP(=O)(O[2H])O[C@]([2H])(C([2H])([2H])N(C([2H])([2H])C([2H])(C([2H])([2H])[2H])C([2H])([2H])[2H])S(=O)(=O)c1c([2H])c([2H])c(N([2H])[2H])c([2H])c1[2H])[C@@]([2H])(N([2H])C(=O)O[C@]1([2H])C([2H])([2H])OC([2H])([2H])C1([2H])[2H])C([2H])([2H])c1c([2H])c([2H])c([2H])c([2H])c1[2H]. The van der Waals surface area contributed by atoms with Crippen LogP contribution in [0.15, 0.2) is 59.3 Å². The second-order valence-electron chi connectivity index (χ2n) is 6.13. The highest BCUT2D eigenvalue weighted by Gasteiger charge is 2.37. The first kappa shape index (κ1) is 8.28. The van der Waals surface area contributed by atoms with Gasteiger partial charge in [-0.05, 0) is 42.0 Å². The molecule has 0 aliphatic carbocycles. The summed E-state index contributed by atoms with van der Waals surface area (Å²) in [6.07, 6.45) is -24.2. The van der Waals surface area contributed by atoms with Gasteiger partial charge in [-0.2, -0.15) is 4.31 Å². The van der Waals surface area contributed by atoms with E-state index in [-0.39, 0.29) is 0 Å². The van der Waals surface area contributed by atoms with Gasteiger partial charge in [-0.3, -0.25) is 4.52 Å². The number of ether oxygens (including phenoxy) is 2. The number of alkyl carbamates (subject to hydrolysis) is 1. The van der Waals surface area contributed by atoms with Gasteiger partial charge in [0.05, 0.1) is 46.0 Å². The molecule has 14 heteroatoms. The fraction of sp³-hybridized carbons (Fsp3) is 0.480. The highest BCUT2D eigenvalue weighted by atomic mass is 32.2. The number of amides is 1. The number of nitrogen functional groups attached to an aromatic ring is 1. The second kappa shape index (κ2) is 13.7. The number of hydrogen-bond acceptors (Lipinski definition) is 10. The number of benzene rings is 2. The number of nitrogens with two attached hydrogens (primary N) is 1. The van der Waals surface area contributed by atoms with Crippen LogP contribution in [0.2, 0.25) is 4.24 Å². The lowest BCUT2D eigenvalue weighted by Crippen LogP contribution is -2.52. The lowest BCUT2D eigenvalue weighted by atomic mass is 10.0. The molecule has 1 amide bonds. The van der Waals surface area contributed by atoms with Gasteiger partial charge in [-0.1, -0.05) is 43.9 Å². The van der Waals surface area contributed by atoms with Gasteiger partial charge in [-0.25, -0.2) is 17.8 Å². The molecule has 0 radical (unpaired) electrons. The third-order valence-corrected chi connectivity index (χ3v) is 5.21. The molecule has 39 heavy (non-hydrogen) atoms. The van der Waals surface area contributed by atoms with Crippen LogP contribution in [-0.2, 0) is 35.0 Å². The van der Waals surface area contributed by atoms with Crippen LogP contribution in [-0.4, -0.2) is 75.8 Å². The number of carbonyl (C=O) groups is 1. The molecule has 5 N–H and O–H groups in total. The number of phosphoric acid groups is 1. The van der Waals surface area contributed by atoms with E-state index in [0.29, 0.717) is 0 Å². The van der Waals surface area contributed by atoms with Crippen molar-refractivity contribution in [1.82, 2.24) is 9.62 Å². The van der Waals surface area contributed by atoms with Crippen molar-refractivity contribution in [2.45, 2.75) is 49.5 Å². The maximum Gasteiger partial charge on any atom is 0.469 e. The summed E-state index contributed by atoms with van der Waals surface area (Å²) < 4.78 is 356. The number of anilines is 1. The van der Waals surface area contributed by atoms with Gasteiger partial charge in [0, 0.05) is 45.6 Å². The third kappa shape index (κ3) is 9.87. The van der Waals surface area contributed by atoms with Crippen LogP contribution in [0.4, 0.5) is 10.5 Å². The zero-order valence-corrected chi connectivity index (χ0v) is 20.1. The van der Waals surface area contributed by atoms with E-state index in [1.54, 1.807) is 0 Å². The average Bonchev–Trinajstić information content (AvgIpc) is 3.32. The van der Waals surface area contributed by atoms with Gasteiger partial charge in [0.1, 0.15) is 12.2 Å². The molecule has 3 atom stereocenters. The van der Waals surface area contributed by atoms with Crippen molar-refractivity contribution < 1.29 is 88.3 Å². The minimum absolute atomic E-state index is 0.714.